The lowest BCUT2D eigenvalue weighted by molar-refractivity contribution is 0.0955. The van der Waals surface area contributed by atoms with E-state index in [1.165, 1.54) is 0 Å². The van der Waals surface area contributed by atoms with Crippen LogP contribution in [0.4, 0.5) is 0 Å². The first kappa shape index (κ1) is 15.3. The summed E-state index contributed by atoms with van der Waals surface area (Å²) in [5.41, 5.74) is 5.14. The van der Waals surface area contributed by atoms with Gasteiger partial charge in [0, 0.05) is 24.0 Å². The minimum absolute atomic E-state index is 0.110. The van der Waals surface area contributed by atoms with Crippen molar-refractivity contribution in [3.63, 3.8) is 0 Å². The van der Waals surface area contributed by atoms with Crippen LogP contribution in [0.5, 0.6) is 0 Å². The molecule has 0 atom stereocenters. The van der Waals surface area contributed by atoms with Gasteiger partial charge in [-0.3, -0.25) is 9.78 Å². The van der Waals surface area contributed by atoms with E-state index in [-0.39, 0.29) is 5.91 Å². The summed E-state index contributed by atoms with van der Waals surface area (Å²) in [5.74, 6) is -0.110. The molecule has 0 spiro atoms. The molecule has 1 amide bonds. The maximum atomic E-state index is 12.5. The molecule has 0 saturated heterocycles. The Hall–Kier alpha value is -3.21. The lowest BCUT2D eigenvalue weighted by Gasteiger charge is -2.07. The van der Waals surface area contributed by atoms with Gasteiger partial charge in [0.1, 0.15) is 5.52 Å². The van der Waals surface area contributed by atoms with Crippen LogP contribution in [0, 0.1) is 6.92 Å². The van der Waals surface area contributed by atoms with Crippen LogP contribution in [0.15, 0.2) is 54.9 Å². The van der Waals surface area contributed by atoms with Crippen molar-refractivity contribution < 1.29 is 4.79 Å². The molecule has 0 radical (unpaired) electrons. The predicted octanol–water partition coefficient (Wildman–Crippen LogP) is 3.39. The highest BCUT2D eigenvalue weighted by Gasteiger charge is 2.12. The number of amides is 1. The molecule has 2 aromatic carbocycles. The molecule has 4 aromatic rings. The fourth-order valence-electron chi connectivity index (χ4n) is 3.01. The van der Waals surface area contributed by atoms with E-state index in [0.717, 1.165) is 27.7 Å². The number of benzene rings is 2. The van der Waals surface area contributed by atoms with E-state index < -0.39 is 0 Å². The van der Waals surface area contributed by atoms with Crippen LogP contribution in [0.2, 0.25) is 0 Å². The van der Waals surface area contributed by atoms with Crippen molar-refractivity contribution in [1.29, 1.82) is 0 Å². The summed E-state index contributed by atoms with van der Waals surface area (Å²) >= 11 is 0. The number of nitrogens with one attached hydrogen (secondary N) is 2. The lowest BCUT2D eigenvalue weighted by Crippen LogP contribution is -2.26. The predicted molar refractivity (Wildman–Crippen MR) is 98.6 cm³/mol. The topological polar surface area (TPSA) is 70.7 Å². The fourth-order valence-corrected chi connectivity index (χ4v) is 3.01. The number of aromatic amines is 1. The third-order valence-corrected chi connectivity index (χ3v) is 4.24. The first-order chi connectivity index (χ1) is 12.2. The number of carbonyl (C=O) groups is 1. The zero-order valence-electron chi connectivity index (χ0n) is 13.9. The van der Waals surface area contributed by atoms with Gasteiger partial charge in [-0.2, -0.15) is 0 Å². The minimum Gasteiger partial charge on any atom is -0.352 e. The Labute approximate surface area is 145 Å². The summed E-state index contributed by atoms with van der Waals surface area (Å²) < 4.78 is 0. The van der Waals surface area contributed by atoms with Crippen molar-refractivity contribution in [2.24, 2.45) is 0 Å². The first-order valence-corrected chi connectivity index (χ1v) is 8.27. The quantitative estimate of drug-likeness (QED) is 0.602. The Morgan fingerprint density at radius 1 is 1.16 bits per heavy atom. The zero-order valence-corrected chi connectivity index (χ0v) is 13.9. The number of imidazole rings is 1. The number of aryl methyl sites for hydroxylation is 1. The van der Waals surface area contributed by atoms with E-state index in [1.807, 2.05) is 49.4 Å². The number of fused-ring (bicyclic) bond motifs is 2. The van der Waals surface area contributed by atoms with Gasteiger partial charge in [-0.1, -0.05) is 24.3 Å². The maximum absolute atomic E-state index is 12.5. The SMILES string of the molecule is Cc1cc(C(=O)NCCc2ccc3ccccc3n2)c2nc[nH]c2c1. The third kappa shape index (κ3) is 3.08. The van der Waals surface area contributed by atoms with Gasteiger partial charge in [0.15, 0.2) is 0 Å². The second kappa shape index (κ2) is 6.36. The normalized spacial score (nSPS) is 11.1. The average Bonchev–Trinajstić information content (AvgIpc) is 3.09. The van der Waals surface area contributed by atoms with Crippen molar-refractivity contribution in [2.75, 3.05) is 6.54 Å². The second-order valence-corrected chi connectivity index (χ2v) is 6.11. The first-order valence-electron chi connectivity index (χ1n) is 8.27. The van der Waals surface area contributed by atoms with Gasteiger partial charge in [0.2, 0.25) is 0 Å². The van der Waals surface area contributed by atoms with E-state index >= 15 is 0 Å². The average molecular weight is 330 g/mol. The van der Waals surface area contributed by atoms with Crippen molar-refractivity contribution in [3.8, 4) is 0 Å². The Bertz CT molecular complexity index is 1070. The second-order valence-electron chi connectivity index (χ2n) is 6.11. The van der Waals surface area contributed by atoms with Crippen molar-refractivity contribution in [1.82, 2.24) is 20.3 Å². The number of pyridine rings is 1. The third-order valence-electron chi connectivity index (χ3n) is 4.24. The summed E-state index contributed by atoms with van der Waals surface area (Å²) in [4.78, 5) is 24.5. The van der Waals surface area contributed by atoms with Crippen molar-refractivity contribution in [3.05, 3.63) is 71.7 Å². The minimum atomic E-state index is -0.110. The maximum Gasteiger partial charge on any atom is 0.253 e. The van der Waals surface area contributed by atoms with E-state index in [4.69, 9.17) is 0 Å². The lowest BCUT2D eigenvalue weighted by atomic mass is 10.1. The molecule has 0 saturated carbocycles. The number of hydrogen-bond donors (Lipinski definition) is 2. The molecule has 0 fully saturated rings. The molecule has 0 unspecified atom stereocenters. The number of carbonyl (C=O) groups excluding carboxylic acids is 1. The smallest absolute Gasteiger partial charge is 0.253 e. The van der Waals surface area contributed by atoms with Gasteiger partial charge in [-0.15, -0.1) is 0 Å². The number of nitrogens with zero attached hydrogens (tertiary/aromatic N) is 2. The van der Waals surface area contributed by atoms with Crippen LogP contribution in [0.3, 0.4) is 0 Å². The number of rotatable bonds is 4. The van der Waals surface area contributed by atoms with Crippen LogP contribution in [0.25, 0.3) is 21.9 Å². The highest BCUT2D eigenvalue weighted by atomic mass is 16.1. The molecular formula is C20H18N4O. The van der Waals surface area contributed by atoms with Crippen molar-refractivity contribution in [2.45, 2.75) is 13.3 Å². The highest BCUT2D eigenvalue weighted by molar-refractivity contribution is 6.05. The molecule has 5 heteroatoms. The van der Waals surface area contributed by atoms with Gasteiger partial charge >= 0.3 is 0 Å². The van der Waals surface area contributed by atoms with Gasteiger partial charge < -0.3 is 10.3 Å². The van der Waals surface area contributed by atoms with E-state index in [2.05, 4.69) is 26.3 Å². The summed E-state index contributed by atoms with van der Waals surface area (Å²) in [6, 6.07) is 15.9. The van der Waals surface area contributed by atoms with Gasteiger partial charge in [-0.25, -0.2) is 4.98 Å². The summed E-state index contributed by atoms with van der Waals surface area (Å²) in [6.07, 6.45) is 2.30. The molecule has 2 aromatic heterocycles. The zero-order chi connectivity index (χ0) is 17.2. The standard InChI is InChI=1S/C20H18N4O/c1-13-10-16(19-18(11-13)22-12-23-19)20(25)21-9-8-15-7-6-14-4-2-3-5-17(14)24-15/h2-7,10-12H,8-9H2,1H3,(H,21,25)(H,22,23). The molecule has 124 valence electrons. The summed E-state index contributed by atoms with van der Waals surface area (Å²) in [5, 5.41) is 4.09. The Kier molecular flexibility index (Phi) is 3.90. The number of H-pyrrole nitrogens is 1. The molecule has 0 aliphatic rings. The van der Waals surface area contributed by atoms with E-state index in [9.17, 15) is 4.79 Å². The Morgan fingerprint density at radius 3 is 2.96 bits per heavy atom. The molecule has 0 aliphatic heterocycles. The number of para-hydroxylation sites is 1. The van der Waals surface area contributed by atoms with Crippen LogP contribution >= 0.6 is 0 Å². The summed E-state index contributed by atoms with van der Waals surface area (Å²) in [7, 11) is 0. The van der Waals surface area contributed by atoms with Crippen molar-refractivity contribution >= 4 is 27.8 Å². The largest absolute Gasteiger partial charge is 0.352 e. The highest BCUT2D eigenvalue weighted by Crippen LogP contribution is 2.17. The fraction of sp³-hybridized carbons (Fsp3) is 0.150. The molecule has 25 heavy (non-hydrogen) atoms. The van der Waals surface area contributed by atoms with Crippen LogP contribution < -0.4 is 5.32 Å². The van der Waals surface area contributed by atoms with Crippen LogP contribution in [-0.2, 0) is 6.42 Å². The number of hydrogen-bond acceptors (Lipinski definition) is 3. The van der Waals surface area contributed by atoms with Gasteiger partial charge in [-0.05, 0) is 36.8 Å². The molecule has 2 N–H and O–H groups in total. The van der Waals surface area contributed by atoms with Gasteiger partial charge in [0.25, 0.3) is 5.91 Å². The van der Waals surface area contributed by atoms with Gasteiger partial charge in [0.05, 0.1) is 22.9 Å². The van der Waals surface area contributed by atoms with E-state index in [1.54, 1.807) is 6.33 Å². The summed E-state index contributed by atoms with van der Waals surface area (Å²) in [6.45, 7) is 2.50. The Balaban J connectivity index is 1.46. The molecule has 0 aliphatic carbocycles. The molecule has 4 rings (SSSR count). The van der Waals surface area contributed by atoms with E-state index in [0.29, 0.717) is 24.0 Å². The van der Waals surface area contributed by atoms with Crippen LogP contribution in [0.1, 0.15) is 21.6 Å². The Morgan fingerprint density at radius 2 is 2.04 bits per heavy atom. The molecular weight excluding hydrogens is 312 g/mol. The molecule has 5 nitrogen and oxygen atoms in total. The molecule has 0 bridgehead atoms. The van der Waals surface area contributed by atoms with Crippen LogP contribution in [-0.4, -0.2) is 27.4 Å². The number of aromatic nitrogens is 3. The molecule has 2 heterocycles. The monoisotopic (exact) mass is 330 g/mol.